The first-order chi connectivity index (χ1) is 8.58. The molecule has 0 saturated carbocycles. The highest BCUT2D eigenvalue weighted by molar-refractivity contribution is 7.98. The average molecular weight is 298 g/mol. The van der Waals surface area contributed by atoms with E-state index in [0.29, 0.717) is 10.0 Å². The molecule has 0 aromatic heterocycles. The van der Waals surface area contributed by atoms with Gasteiger partial charge < -0.3 is 5.73 Å². The third kappa shape index (κ3) is 3.14. The molecular weight excluding hydrogens is 285 g/mol. The van der Waals surface area contributed by atoms with E-state index in [0.717, 1.165) is 27.5 Å². The molecule has 2 N–H and O–H groups in total. The van der Waals surface area contributed by atoms with Crippen molar-refractivity contribution in [3.05, 3.63) is 57.6 Å². The zero-order valence-corrected chi connectivity index (χ0v) is 12.2. The van der Waals surface area contributed by atoms with Crippen LogP contribution in [-0.2, 0) is 5.75 Å². The summed E-state index contributed by atoms with van der Waals surface area (Å²) in [5.74, 6) is 0.757. The smallest absolute Gasteiger partial charge is 0.0632 e. The molecule has 0 saturated heterocycles. The number of anilines is 1. The van der Waals surface area contributed by atoms with Crippen LogP contribution in [0.15, 0.2) is 41.3 Å². The molecule has 0 radical (unpaired) electrons. The van der Waals surface area contributed by atoms with Gasteiger partial charge >= 0.3 is 0 Å². The van der Waals surface area contributed by atoms with Gasteiger partial charge in [0.05, 0.1) is 10.0 Å². The SMILES string of the molecule is Cc1ccc(SCc2cccc(Cl)c2Cl)c(N)c1. The molecule has 2 rings (SSSR count). The summed E-state index contributed by atoms with van der Waals surface area (Å²) in [4.78, 5) is 1.07. The Bertz CT molecular complexity index is 570. The molecule has 0 aliphatic rings. The molecule has 0 heterocycles. The van der Waals surface area contributed by atoms with Crippen LogP contribution in [0, 0.1) is 6.92 Å². The highest BCUT2D eigenvalue weighted by Gasteiger charge is 2.06. The number of benzene rings is 2. The van der Waals surface area contributed by atoms with Crippen molar-refractivity contribution < 1.29 is 0 Å². The Hall–Kier alpha value is -0.830. The van der Waals surface area contributed by atoms with Gasteiger partial charge in [-0.1, -0.05) is 41.4 Å². The van der Waals surface area contributed by atoms with Crippen LogP contribution in [0.25, 0.3) is 0 Å². The molecular formula is C14H13Cl2NS. The number of thioether (sulfide) groups is 1. The number of rotatable bonds is 3. The van der Waals surface area contributed by atoms with Crippen LogP contribution in [-0.4, -0.2) is 0 Å². The lowest BCUT2D eigenvalue weighted by Crippen LogP contribution is -1.90. The second-order valence-corrected chi connectivity index (χ2v) is 5.85. The monoisotopic (exact) mass is 297 g/mol. The van der Waals surface area contributed by atoms with E-state index < -0.39 is 0 Å². The van der Waals surface area contributed by atoms with Crippen LogP contribution in [0.5, 0.6) is 0 Å². The molecule has 18 heavy (non-hydrogen) atoms. The first-order valence-corrected chi connectivity index (χ1v) is 7.24. The highest BCUT2D eigenvalue weighted by Crippen LogP contribution is 2.33. The van der Waals surface area contributed by atoms with Crippen LogP contribution >= 0.6 is 35.0 Å². The van der Waals surface area contributed by atoms with Crippen LogP contribution in [0.4, 0.5) is 5.69 Å². The maximum atomic E-state index is 6.15. The van der Waals surface area contributed by atoms with E-state index in [1.807, 2.05) is 31.2 Å². The summed E-state index contributed by atoms with van der Waals surface area (Å²) in [5.41, 5.74) is 8.96. The van der Waals surface area contributed by atoms with Gasteiger partial charge in [-0.15, -0.1) is 11.8 Å². The molecule has 4 heteroatoms. The predicted octanol–water partition coefficient (Wildman–Crippen LogP) is 5.18. The zero-order valence-electron chi connectivity index (χ0n) is 9.91. The normalized spacial score (nSPS) is 10.6. The molecule has 0 spiro atoms. The molecule has 0 bridgehead atoms. The minimum Gasteiger partial charge on any atom is -0.398 e. The lowest BCUT2D eigenvalue weighted by atomic mass is 10.2. The summed E-state index contributed by atoms with van der Waals surface area (Å²) in [7, 11) is 0. The van der Waals surface area contributed by atoms with E-state index in [1.165, 1.54) is 0 Å². The molecule has 94 valence electrons. The van der Waals surface area contributed by atoms with Gasteiger partial charge in [-0.25, -0.2) is 0 Å². The van der Waals surface area contributed by atoms with E-state index in [1.54, 1.807) is 17.8 Å². The summed E-state index contributed by atoms with van der Waals surface area (Å²) in [6.45, 7) is 2.03. The van der Waals surface area contributed by atoms with Gasteiger partial charge in [0.25, 0.3) is 0 Å². The van der Waals surface area contributed by atoms with E-state index in [9.17, 15) is 0 Å². The molecule has 0 aliphatic heterocycles. The van der Waals surface area contributed by atoms with Crippen molar-refractivity contribution in [1.29, 1.82) is 0 Å². The topological polar surface area (TPSA) is 26.0 Å². The van der Waals surface area contributed by atoms with Gasteiger partial charge in [0, 0.05) is 16.3 Å². The number of hydrogen-bond donors (Lipinski definition) is 1. The maximum Gasteiger partial charge on any atom is 0.0632 e. The summed E-state index contributed by atoms with van der Waals surface area (Å²) < 4.78 is 0. The minimum absolute atomic E-state index is 0.589. The molecule has 2 aromatic rings. The Kier molecular flexibility index (Phi) is 4.44. The highest BCUT2D eigenvalue weighted by atomic mass is 35.5. The predicted molar refractivity (Wildman–Crippen MR) is 81.6 cm³/mol. The Morgan fingerprint density at radius 1 is 1.17 bits per heavy atom. The van der Waals surface area contributed by atoms with Crippen LogP contribution in [0.3, 0.4) is 0 Å². The molecule has 0 fully saturated rings. The summed E-state index contributed by atoms with van der Waals surface area (Å²) in [6, 6.07) is 11.7. The number of nitrogen functional groups attached to an aromatic ring is 1. The van der Waals surface area contributed by atoms with Crippen molar-refractivity contribution >= 4 is 40.7 Å². The third-order valence-electron chi connectivity index (χ3n) is 2.58. The van der Waals surface area contributed by atoms with Crippen LogP contribution in [0.2, 0.25) is 10.0 Å². The van der Waals surface area contributed by atoms with E-state index in [4.69, 9.17) is 28.9 Å². The first-order valence-electron chi connectivity index (χ1n) is 5.50. The molecule has 0 atom stereocenters. The van der Waals surface area contributed by atoms with Crippen molar-refractivity contribution in [2.45, 2.75) is 17.6 Å². The van der Waals surface area contributed by atoms with Gasteiger partial charge in [-0.3, -0.25) is 0 Å². The summed E-state index contributed by atoms with van der Waals surface area (Å²) in [5, 5.41) is 1.21. The van der Waals surface area contributed by atoms with Crippen molar-refractivity contribution in [2.24, 2.45) is 0 Å². The van der Waals surface area contributed by atoms with E-state index in [-0.39, 0.29) is 0 Å². The van der Waals surface area contributed by atoms with Crippen LogP contribution in [0.1, 0.15) is 11.1 Å². The second-order valence-electron chi connectivity index (χ2n) is 4.04. The summed E-state index contributed by atoms with van der Waals surface area (Å²) >= 11 is 13.8. The van der Waals surface area contributed by atoms with Gasteiger partial charge in [0.2, 0.25) is 0 Å². The van der Waals surface area contributed by atoms with Crippen molar-refractivity contribution in [2.75, 3.05) is 5.73 Å². The number of hydrogen-bond acceptors (Lipinski definition) is 2. The van der Waals surface area contributed by atoms with Crippen molar-refractivity contribution in [1.82, 2.24) is 0 Å². The van der Waals surface area contributed by atoms with Gasteiger partial charge in [-0.2, -0.15) is 0 Å². The third-order valence-corrected chi connectivity index (χ3v) is 4.58. The fraction of sp³-hybridized carbons (Fsp3) is 0.143. The molecule has 0 aliphatic carbocycles. The average Bonchev–Trinajstić information content (AvgIpc) is 2.33. The quantitative estimate of drug-likeness (QED) is 0.624. The zero-order chi connectivity index (χ0) is 13.1. The lowest BCUT2D eigenvalue weighted by Gasteiger charge is -2.08. The molecule has 0 amide bonds. The Morgan fingerprint density at radius 3 is 2.67 bits per heavy atom. The molecule has 1 nitrogen and oxygen atoms in total. The van der Waals surface area contributed by atoms with E-state index in [2.05, 4.69) is 6.07 Å². The second kappa shape index (κ2) is 5.87. The Labute approximate surface area is 121 Å². The fourth-order valence-electron chi connectivity index (χ4n) is 1.61. The van der Waals surface area contributed by atoms with Gasteiger partial charge in [-0.05, 0) is 36.2 Å². The lowest BCUT2D eigenvalue weighted by molar-refractivity contribution is 1.35. The van der Waals surface area contributed by atoms with Crippen molar-refractivity contribution in [3.8, 4) is 0 Å². The number of nitrogens with two attached hydrogens (primary N) is 1. The standard InChI is InChI=1S/C14H13Cl2NS/c1-9-5-6-13(12(17)7-9)18-8-10-3-2-4-11(15)14(10)16/h2-7H,8,17H2,1H3. The minimum atomic E-state index is 0.589. The Balaban J connectivity index is 2.14. The van der Waals surface area contributed by atoms with E-state index >= 15 is 0 Å². The van der Waals surface area contributed by atoms with Crippen LogP contribution < -0.4 is 5.73 Å². The van der Waals surface area contributed by atoms with Crippen molar-refractivity contribution in [3.63, 3.8) is 0 Å². The van der Waals surface area contributed by atoms with Gasteiger partial charge in [0.1, 0.15) is 0 Å². The Morgan fingerprint density at radius 2 is 1.94 bits per heavy atom. The number of halogens is 2. The summed E-state index contributed by atoms with van der Waals surface area (Å²) in [6.07, 6.45) is 0. The number of aryl methyl sites for hydroxylation is 1. The molecule has 2 aromatic carbocycles. The maximum absolute atomic E-state index is 6.15. The first kappa shape index (κ1) is 13.6. The molecule has 0 unspecified atom stereocenters. The van der Waals surface area contributed by atoms with Gasteiger partial charge in [0.15, 0.2) is 0 Å². The largest absolute Gasteiger partial charge is 0.398 e. The fourth-order valence-corrected chi connectivity index (χ4v) is 3.02.